The van der Waals surface area contributed by atoms with E-state index in [4.69, 9.17) is 4.74 Å². The number of carbonyl (C=O) groups excluding carboxylic acids is 1. The van der Waals surface area contributed by atoms with Gasteiger partial charge in [-0.25, -0.2) is 4.79 Å². The Balaban J connectivity index is 3.32. The number of hydrogen-bond acceptors (Lipinski definition) is 3. The van der Waals surface area contributed by atoms with Gasteiger partial charge in [-0.15, -0.1) is 0 Å². The lowest BCUT2D eigenvalue weighted by molar-refractivity contribution is 0.0129. The van der Waals surface area contributed by atoms with Crippen LogP contribution in [0.4, 0.5) is 0 Å². The van der Waals surface area contributed by atoms with Gasteiger partial charge < -0.3 is 9.47 Å². The first-order valence-corrected chi connectivity index (χ1v) is 4.45. The summed E-state index contributed by atoms with van der Waals surface area (Å²) in [4.78, 5) is 9.75. The SMILES string of the molecule is CCCCOC(CC)CO[C]=O. The molecule has 0 aliphatic rings. The van der Waals surface area contributed by atoms with E-state index in [2.05, 4.69) is 11.7 Å². The maximum absolute atomic E-state index is 9.75. The van der Waals surface area contributed by atoms with E-state index in [1.165, 1.54) is 6.47 Å². The summed E-state index contributed by atoms with van der Waals surface area (Å²) in [6, 6.07) is 0. The van der Waals surface area contributed by atoms with Gasteiger partial charge in [0.05, 0.1) is 6.10 Å². The summed E-state index contributed by atoms with van der Waals surface area (Å²) in [5.74, 6) is 0. The van der Waals surface area contributed by atoms with Crippen LogP contribution in [-0.4, -0.2) is 25.8 Å². The summed E-state index contributed by atoms with van der Waals surface area (Å²) in [7, 11) is 0. The molecule has 0 rings (SSSR count). The normalized spacial score (nSPS) is 12.5. The van der Waals surface area contributed by atoms with E-state index in [0.717, 1.165) is 25.9 Å². The minimum atomic E-state index is 0.0398. The maximum atomic E-state index is 9.75. The van der Waals surface area contributed by atoms with E-state index < -0.39 is 0 Å². The highest BCUT2D eigenvalue weighted by atomic mass is 16.6. The molecule has 3 heteroatoms. The smallest absolute Gasteiger partial charge is 0.417 e. The fourth-order valence-electron chi connectivity index (χ4n) is 0.805. The van der Waals surface area contributed by atoms with Crippen LogP contribution in [0.5, 0.6) is 0 Å². The van der Waals surface area contributed by atoms with Crippen molar-refractivity contribution < 1.29 is 14.3 Å². The molecule has 3 nitrogen and oxygen atoms in total. The molecule has 71 valence electrons. The average molecular weight is 173 g/mol. The molecule has 0 heterocycles. The number of unbranched alkanes of at least 4 members (excludes halogenated alkanes) is 1. The van der Waals surface area contributed by atoms with Crippen molar-refractivity contribution in [3.8, 4) is 0 Å². The van der Waals surface area contributed by atoms with Gasteiger partial charge in [-0.2, -0.15) is 0 Å². The van der Waals surface area contributed by atoms with Gasteiger partial charge in [0.1, 0.15) is 6.61 Å². The van der Waals surface area contributed by atoms with E-state index in [1.807, 2.05) is 6.92 Å². The molecule has 0 bridgehead atoms. The third-order valence-electron chi connectivity index (χ3n) is 1.63. The molecule has 0 aromatic carbocycles. The van der Waals surface area contributed by atoms with Gasteiger partial charge in [-0.3, -0.25) is 0 Å². The van der Waals surface area contributed by atoms with Gasteiger partial charge >= 0.3 is 6.47 Å². The molecular formula is C9H17O3. The quantitative estimate of drug-likeness (QED) is 0.524. The molecule has 0 saturated carbocycles. The molecule has 1 atom stereocenters. The molecule has 0 aromatic heterocycles. The Kier molecular flexibility index (Phi) is 8.12. The highest BCUT2D eigenvalue weighted by molar-refractivity contribution is 5.38. The van der Waals surface area contributed by atoms with Crippen LogP contribution in [0.1, 0.15) is 33.1 Å². The Bertz CT molecular complexity index is 104. The minimum absolute atomic E-state index is 0.0398. The van der Waals surface area contributed by atoms with Gasteiger partial charge in [-0.05, 0) is 12.8 Å². The lowest BCUT2D eigenvalue weighted by Gasteiger charge is -2.13. The van der Waals surface area contributed by atoms with Crippen molar-refractivity contribution in [2.24, 2.45) is 0 Å². The Labute approximate surface area is 74.0 Å². The lowest BCUT2D eigenvalue weighted by atomic mass is 10.3. The second kappa shape index (κ2) is 8.53. The summed E-state index contributed by atoms with van der Waals surface area (Å²) < 4.78 is 9.92. The molecule has 0 spiro atoms. The maximum Gasteiger partial charge on any atom is 0.417 e. The first-order valence-electron chi connectivity index (χ1n) is 4.45. The molecule has 1 unspecified atom stereocenters. The highest BCUT2D eigenvalue weighted by Crippen LogP contribution is 2.00. The largest absolute Gasteiger partial charge is 0.455 e. The summed E-state index contributed by atoms with van der Waals surface area (Å²) in [6.07, 6.45) is 3.09. The van der Waals surface area contributed by atoms with E-state index >= 15 is 0 Å². The van der Waals surface area contributed by atoms with E-state index in [9.17, 15) is 4.79 Å². The molecule has 0 aromatic rings. The Morgan fingerprint density at radius 3 is 2.67 bits per heavy atom. The molecule has 12 heavy (non-hydrogen) atoms. The van der Waals surface area contributed by atoms with Crippen molar-refractivity contribution in [1.29, 1.82) is 0 Å². The van der Waals surface area contributed by atoms with Crippen LogP contribution in [0.25, 0.3) is 0 Å². The number of rotatable bonds is 8. The number of hydrogen-bond donors (Lipinski definition) is 0. The van der Waals surface area contributed by atoms with Crippen molar-refractivity contribution in [1.82, 2.24) is 0 Å². The van der Waals surface area contributed by atoms with Crippen LogP contribution in [0, 0.1) is 0 Å². The molecule has 0 saturated heterocycles. The second-order valence-electron chi connectivity index (χ2n) is 2.65. The fraction of sp³-hybridized carbons (Fsp3) is 0.889. The third-order valence-corrected chi connectivity index (χ3v) is 1.63. The minimum Gasteiger partial charge on any atom is -0.455 e. The molecule has 1 radical (unpaired) electrons. The number of ether oxygens (including phenoxy) is 2. The van der Waals surface area contributed by atoms with Crippen molar-refractivity contribution in [3.63, 3.8) is 0 Å². The van der Waals surface area contributed by atoms with Gasteiger partial charge in [0.2, 0.25) is 0 Å². The standard InChI is InChI=1S/C9H17O3/c1-3-5-6-12-9(4-2)7-11-8-10/h9H,3-7H2,1-2H3. The first-order chi connectivity index (χ1) is 5.85. The van der Waals surface area contributed by atoms with Crippen LogP contribution in [-0.2, 0) is 14.3 Å². The van der Waals surface area contributed by atoms with Gasteiger partial charge in [0.25, 0.3) is 0 Å². The predicted molar refractivity (Wildman–Crippen MR) is 46.6 cm³/mol. The zero-order chi connectivity index (χ0) is 9.23. The van der Waals surface area contributed by atoms with E-state index in [-0.39, 0.29) is 6.10 Å². The van der Waals surface area contributed by atoms with Crippen molar-refractivity contribution in [2.45, 2.75) is 39.2 Å². The average Bonchev–Trinajstić information content (AvgIpc) is 2.11. The van der Waals surface area contributed by atoms with Gasteiger partial charge in [0, 0.05) is 6.61 Å². The van der Waals surface area contributed by atoms with Crippen LogP contribution >= 0.6 is 0 Å². The van der Waals surface area contributed by atoms with E-state index in [1.54, 1.807) is 0 Å². The van der Waals surface area contributed by atoms with Crippen molar-refractivity contribution in [2.75, 3.05) is 13.2 Å². The van der Waals surface area contributed by atoms with Gasteiger partial charge in [0.15, 0.2) is 0 Å². The summed E-state index contributed by atoms with van der Waals surface area (Å²) >= 11 is 0. The molecule has 0 fully saturated rings. The molecule has 0 aliphatic heterocycles. The topological polar surface area (TPSA) is 35.5 Å². The third kappa shape index (κ3) is 6.16. The molecule has 0 N–H and O–H groups in total. The first kappa shape index (κ1) is 11.4. The van der Waals surface area contributed by atoms with Crippen LogP contribution in [0.2, 0.25) is 0 Å². The molecule has 0 amide bonds. The summed E-state index contributed by atoms with van der Waals surface area (Å²) in [5.41, 5.74) is 0. The van der Waals surface area contributed by atoms with Crippen LogP contribution in [0.3, 0.4) is 0 Å². The molecule has 0 aliphatic carbocycles. The zero-order valence-electron chi connectivity index (χ0n) is 7.84. The second-order valence-corrected chi connectivity index (χ2v) is 2.65. The Morgan fingerprint density at radius 1 is 1.42 bits per heavy atom. The zero-order valence-corrected chi connectivity index (χ0v) is 7.84. The van der Waals surface area contributed by atoms with Gasteiger partial charge in [-0.1, -0.05) is 20.3 Å². The van der Waals surface area contributed by atoms with Crippen molar-refractivity contribution in [3.05, 3.63) is 0 Å². The molecular weight excluding hydrogens is 156 g/mol. The fourth-order valence-corrected chi connectivity index (χ4v) is 0.805. The van der Waals surface area contributed by atoms with Crippen LogP contribution in [0.15, 0.2) is 0 Å². The summed E-state index contributed by atoms with van der Waals surface area (Å²) in [6.45, 7) is 6.58. The lowest BCUT2D eigenvalue weighted by Crippen LogP contribution is -2.19. The Hall–Kier alpha value is -0.570. The van der Waals surface area contributed by atoms with Crippen molar-refractivity contribution >= 4 is 6.47 Å². The Morgan fingerprint density at radius 2 is 2.17 bits per heavy atom. The van der Waals surface area contributed by atoms with E-state index in [0.29, 0.717) is 6.61 Å². The predicted octanol–water partition coefficient (Wildman–Crippen LogP) is 1.67. The summed E-state index contributed by atoms with van der Waals surface area (Å²) in [5, 5.41) is 0. The van der Waals surface area contributed by atoms with Crippen LogP contribution < -0.4 is 0 Å². The highest BCUT2D eigenvalue weighted by Gasteiger charge is 2.05. The monoisotopic (exact) mass is 173 g/mol.